The lowest BCUT2D eigenvalue weighted by molar-refractivity contribution is -0.115. The standard InChI is InChI=1S/C24H28N2O2.C3H6O.C2H6.CH3F/c1-4-6-7-19(5-2)8-9-20(17-27)14-24(28)22-12-10-21(11-13-22)23-15-25-18(3)26-16-23;1-3(2)4;2*1-2/h4-7,10-13,15-16,20,27H,1,8-9,14,17H2,2-3H3;1-2H3;1-2H3;1H3/b7-6-,19-5+;;;. The number of alkyl halides is 1. The summed E-state index contributed by atoms with van der Waals surface area (Å²) >= 11 is 0. The molecule has 1 atom stereocenters. The molecule has 0 spiro atoms. The van der Waals surface area contributed by atoms with Gasteiger partial charge in [0, 0.05) is 36.5 Å². The number of allylic oxidation sites excluding steroid dienone is 5. The molecule has 36 heavy (non-hydrogen) atoms. The fraction of sp³-hybridized carbons (Fsp3) is 0.400. The van der Waals surface area contributed by atoms with Crippen molar-refractivity contribution in [3.8, 4) is 11.1 Å². The molecule has 1 N–H and O–H groups in total. The number of aryl methyl sites for hydroxylation is 1. The Kier molecular flexibility index (Phi) is 21.6. The van der Waals surface area contributed by atoms with Crippen molar-refractivity contribution in [2.24, 2.45) is 5.92 Å². The summed E-state index contributed by atoms with van der Waals surface area (Å²) in [5.74, 6) is 0.894. The van der Waals surface area contributed by atoms with E-state index in [1.54, 1.807) is 18.5 Å². The van der Waals surface area contributed by atoms with E-state index >= 15 is 0 Å². The van der Waals surface area contributed by atoms with E-state index in [-0.39, 0.29) is 24.1 Å². The van der Waals surface area contributed by atoms with Gasteiger partial charge in [0.05, 0.1) is 7.18 Å². The Morgan fingerprint density at radius 3 is 2.03 bits per heavy atom. The summed E-state index contributed by atoms with van der Waals surface area (Å²) in [5.41, 5.74) is 3.73. The van der Waals surface area contributed by atoms with Crippen LogP contribution in [-0.2, 0) is 4.79 Å². The first kappa shape index (κ1) is 34.9. The Bertz CT molecular complexity index is 930. The van der Waals surface area contributed by atoms with Crippen LogP contribution in [0.4, 0.5) is 4.39 Å². The van der Waals surface area contributed by atoms with Crippen LogP contribution in [0.5, 0.6) is 0 Å². The van der Waals surface area contributed by atoms with E-state index in [9.17, 15) is 19.1 Å². The molecule has 1 unspecified atom stereocenters. The normalized spacial score (nSPS) is 11.1. The molecule has 0 saturated heterocycles. The first-order chi connectivity index (χ1) is 17.3. The van der Waals surface area contributed by atoms with E-state index in [4.69, 9.17) is 0 Å². The number of hydrogen-bond donors (Lipinski definition) is 1. The zero-order valence-corrected chi connectivity index (χ0v) is 22.9. The molecule has 1 aromatic carbocycles. The maximum Gasteiger partial charge on any atom is 0.163 e. The van der Waals surface area contributed by atoms with Crippen molar-refractivity contribution in [1.82, 2.24) is 9.97 Å². The van der Waals surface area contributed by atoms with Crippen LogP contribution in [0.1, 0.15) is 70.1 Å². The number of carbonyl (C=O) groups excluding carboxylic acids is 2. The molecule has 198 valence electrons. The summed E-state index contributed by atoms with van der Waals surface area (Å²) in [6, 6.07) is 7.48. The number of rotatable bonds is 10. The van der Waals surface area contributed by atoms with E-state index in [0.717, 1.165) is 29.8 Å². The van der Waals surface area contributed by atoms with Gasteiger partial charge in [0.2, 0.25) is 0 Å². The molecule has 0 aliphatic rings. The number of benzene rings is 1. The van der Waals surface area contributed by atoms with Crippen LogP contribution in [0.2, 0.25) is 0 Å². The number of nitrogens with zero attached hydrogens (tertiary/aromatic N) is 2. The van der Waals surface area contributed by atoms with Crippen molar-refractivity contribution in [1.29, 1.82) is 0 Å². The minimum atomic E-state index is -0.0512. The van der Waals surface area contributed by atoms with Crippen molar-refractivity contribution < 1.29 is 19.1 Å². The van der Waals surface area contributed by atoms with Gasteiger partial charge in [0.1, 0.15) is 11.6 Å². The van der Waals surface area contributed by atoms with Gasteiger partial charge in [-0.1, -0.05) is 74.6 Å². The summed E-state index contributed by atoms with van der Waals surface area (Å²) in [5, 5.41) is 9.68. The van der Waals surface area contributed by atoms with Crippen LogP contribution in [0, 0.1) is 12.8 Å². The minimum Gasteiger partial charge on any atom is -0.396 e. The summed E-state index contributed by atoms with van der Waals surface area (Å²) < 4.78 is 9.50. The molecular formula is C30H43FN2O3. The van der Waals surface area contributed by atoms with Gasteiger partial charge in [-0.3, -0.25) is 9.18 Å². The van der Waals surface area contributed by atoms with Crippen molar-refractivity contribution in [2.45, 2.75) is 60.8 Å². The molecule has 0 fully saturated rings. The summed E-state index contributed by atoms with van der Waals surface area (Å²) in [4.78, 5) is 30.5. The number of hydrogen-bond acceptors (Lipinski definition) is 5. The predicted octanol–water partition coefficient (Wildman–Crippen LogP) is 7.31. The second-order valence-corrected chi connectivity index (χ2v) is 7.68. The van der Waals surface area contributed by atoms with Crippen LogP contribution in [-0.4, -0.2) is 40.4 Å². The Morgan fingerprint density at radius 2 is 1.58 bits per heavy atom. The molecule has 0 radical (unpaired) electrons. The molecule has 0 saturated carbocycles. The van der Waals surface area contributed by atoms with Gasteiger partial charge in [-0.25, -0.2) is 9.97 Å². The lowest BCUT2D eigenvalue weighted by atomic mass is 9.92. The number of halogens is 1. The first-order valence-electron chi connectivity index (χ1n) is 12.1. The van der Waals surface area contributed by atoms with E-state index in [1.165, 1.54) is 19.4 Å². The quantitative estimate of drug-likeness (QED) is 0.274. The minimum absolute atomic E-state index is 0.00664. The second kappa shape index (κ2) is 22.2. The predicted molar refractivity (Wildman–Crippen MR) is 149 cm³/mol. The van der Waals surface area contributed by atoms with E-state index in [0.29, 0.717) is 19.2 Å². The van der Waals surface area contributed by atoms with Crippen LogP contribution in [0.25, 0.3) is 11.1 Å². The Hall–Kier alpha value is -3.25. The third-order valence-corrected chi connectivity index (χ3v) is 4.71. The van der Waals surface area contributed by atoms with Gasteiger partial charge in [-0.2, -0.15) is 0 Å². The Morgan fingerprint density at radius 1 is 1.06 bits per heavy atom. The molecular weight excluding hydrogens is 455 g/mol. The smallest absolute Gasteiger partial charge is 0.163 e. The number of aliphatic hydroxyl groups is 1. The lowest BCUT2D eigenvalue weighted by Gasteiger charge is -2.14. The highest BCUT2D eigenvalue weighted by Gasteiger charge is 2.15. The maximum absolute atomic E-state index is 12.6. The SMILES string of the molecule is C=C/C=C\C(=C/C)CCC(CO)CC(=O)c1ccc(-c2cnc(C)nc2)cc1.CC.CC(C)=O.CF. The third-order valence-electron chi connectivity index (χ3n) is 4.71. The van der Waals surface area contributed by atoms with Crippen LogP contribution >= 0.6 is 0 Å². The molecule has 5 nitrogen and oxygen atoms in total. The highest BCUT2D eigenvalue weighted by Crippen LogP contribution is 2.22. The monoisotopic (exact) mass is 498 g/mol. The van der Waals surface area contributed by atoms with Crippen LogP contribution < -0.4 is 0 Å². The molecule has 2 aromatic rings. The van der Waals surface area contributed by atoms with Gasteiger partial charge in [-0.05, 0) is 52.0 Å². The van der Waals surface area contributed by atoms with Crippen molar-refractivity contribution >= 4 is 11.6 Å². The molecule has 1 heterocycles. The number of carbonyl (C=O) groups is 2. The summed E-state index contributed by atoms with van der Waals surface area (Å²) in [6.45, 7) is 14.6. The fourth-order valence-corrected chi connectivity index (χ4v) is 2.91. The lowest BCUT2D eigenvalue weighted by Crippen LogP contribution is -2.13. The highest BCUT2D eigenvalue weighted by atomic mass is 19.1. The van der Waals surface area contributed by atoms with E-state index in [2.05, 4.69) is 16.5 Å². The molecule has 2 rings (SSSR count). The molecule has 1 aromatic heterocycles. The molecule has 6 heteroatoms. The third kappa shape index (κ3) is 15.6. The van der Waals surface area contributed by atoms with Gasteiger partial charge in [0.15, 0.2) is 5.78 Å². The average Bonchev–Trinajstić information content (AvgIpc) is 2.90. The summed E-state index contributed by atoms with van der Waals surface area (Å²) in [7, 11) is 0.500. The topological polar surface area (TPSA) is 80.2 Å². The average molecular weight is 499 g/mol. The Labute approximate surface area is 216 Å². The number of aromatic nitrogens is 2. The van der Waals surface area contributed by atoms with Crippen molar-refractivity contribution in [3.05, 3.63) is 84.5 Å². The Balaban J connectivity index is 0. The molecule has 0 bridgehead atoms. The van der Waals surface area contributed by atoms with E-state index < -0.39 is 0 Å². The van der Waals surface area contributed by atoms with Crippen LogP contribution in [0.15, 0.2) is 73.1 Å². The molecule has 0 aliphatic carbocycles. The molecule has 0 aliphatic heterocycles. The largest absolute Gasteiger partial charge is 0.396 e. The van der Waals surface area contributed by atoms with Gasteiger partial charge in [0.25, 0.3) is 0 Å². The zero-order valence-electron chi connectivity index (χ0n) is 22.9. The number of aliphatic hydroxyl groups excluding tert-OH is 1. The first-order valence-corrected chi connectivity index (χ1v) is 12.1. The fourth-order valence-electron chi connectivity index (χ4n) is 2.91. The molecule has 0 amide bonds. The van der Waals surface area contributed by atoms with Gasteiger partial charge < -0.3 is 9.90 Å². The van der Waals surface area contributed by atoms with Gasteiger partial charge in [-0.15, -0.1) is 0 Å². The maximum atomic E-state index is 12.6. The van der Waals surface area contributed by atoms with Gasteiger partial charge >= 0.3 is 0 Å². The number of Topliss-reactive ketones (excluding diaryl/α,β-unsaturated/α-hetero) is 2. The number of ketones is 2. The summed E-state index contributed by atoms with van der Waals surface area (Å²) in [6.07, 6.45) is 13.2. The zero-order chi connectivity index (χ0) is 27.9. The second-order valence-electron chi connectivity index (χ2n) is 7.68. The van der Waals surface area contributed by atoms with Crippen molar-refractivity contribution in [3.63, 3.8) is 0 Å². The highest BCUT2D eigenvalue weighted by molar-refractivity contribution is 5.96. The van der Waals surface area contributed by atoms with Crippen molar-refractivity contribution in [2.75, 3.05) is 13.8 Å². The van der Waals surface area contributed by atoms with Crippen LogP contribution in [0.3, 0.4) is 0 Å². The van der Waals surface area contributed by atoms with E-state index in [1.807, 2.05) is 70.2 Å².